The molecule has 5 heteroatoms. The zero-order chi connectivity index (χ0) is 12.6. The van der Waals surface area contributed by atoms with Crippen molar-refractivity contribution in [3.63, 3.8) is 0 Å². The molecule has 2 N–H and O–H groups in total. The minimum Gasteiger partial charge on any atom is -0.404 e. The third kappa shape index (κ3) is 2.15. The molecule has 0 fully saturated rings. The number of carbonyl (C=O) groups excluding carboxylic acids is 1. The van der Waals surface area contributed by atoms with Crippen LogP contribution in [0.4, 0.5) is 0 Å². The van der Waals surface area contributed by atoms with Crippen molar-refractivity contribution in [3.8, 4) is 0 Å². The highest BCUT2D eigenvalue weighted by Crippen LogP contribution is 2.69. The zero-order valence-corrected chi connectivity index (χ0v) is 10.8. The molecule has 2 rings (SSSR count). The summed E-state index contributed by atoms with van der Waals surface area (Å²) in [4.78, 5) is 11.8. The summed E-state index contributed by atoms with van der Waals surface area (Å²) in [5.41, 5.74) is 5.71. The Bertz CT molecular complexity index is 462. The van der Waals surface area contributed by atoms with Gasteiger partial charge in [-0.1, -0.05) is 13.8 Å². The van der Waals surface area contributed by atoms with Gasteiger partial charge in [-0.15, -0.1) is 0 Å². The Morgan fingerprint density at radius 1 is 1.35 bits per heavy atom. The van der Waals surface area contributed by atoms with Gasteiger partial charge in [0.2, 0.25) is 0 Å². The van der Waals surface area contributed by atoms with E-state index in [9.17, 15) is 9.36 Å². The summed E-state index contributed by atoms with van der Waals surface area (Å²) in [7, 11) is -3.11. The predicted molar refractivity (Wildman–Crippen MR) is 66.4 cm³/mol. The molecule has 17 heavy (non-hydrogen) atoms. The van der Waals surface area contributed by atoms with Crippen molar-refractivity contribution in [2.75, 3.05) is 0 Å². The van der Waals surface area contributed by atoms with Crippen LogP contribution in [-0.2, 0) is 13.9 Å². The van der Waals surface area contributed by atoms with E-state index in [1.54, 1.807) is 24.3 Å². The maximum atomic E-state index is 12.4. The molecule has 2 aliphatic rings. The number of fused-ring (bicyclic) bond motifs is 2. The highest BCUT2D eigenvalue weighted by atomic mass is 31.2. The number of hydrogen-bond donors (Lipinski definition) is 1. The molecule has 0 aromatic rings. The van der Waals surface area contributed by atoms with Crippen molar-refractivity contribution in [1.29, 1.82) is 0 Å². The van der Waals surface area contributed by atoms with E-state index in [1.807, 2.05) is 13.8 Å². The highest BCUT2D eigenvalue weighted by molar-refractivity contribution is 7.69. The lowest BCUT2D eigenvalue weighted by atomic mass is 10.1. The first-order chi connectivity index (χ1) is 7.93. The van der Waals surface area contributed by atoms with Crippen LogP contribution >= 0.6 is 7.37 Å². The zero-order valence-electron chi connectivity index (χ0n) is 9.92. The summed E-state index contributed by atoms with van der Waals surface area (Å²) >= 11 is 0. The van der Waals surface area contributed by atoms with Gasteiger partial charge in [0.25, 0.3) is 0 Å². The average molecular weight is 253 g/mol. The van der Waals surface area contributed by atoms with Crippen molar-refractivity contribution in [3.05, 3.63) is 34.9 Å². The van der Waals surface area contributed by atoms with Gasteiger partial charge in [-0.05, 0) is 36.6 Å². The van der Waals surface area contributed by atoms with Gasteiger partial charge >= 0.3 is 13.3 Å². The summed E-state index contributed by atoms with van der Waals surface area (Å²) in [6.45, 7) is 3.95. The van der Waals surface area contributed by atoms with Gasteiger partial charge in [0.1, 0.15) is 6.04 Å². The van der Waals surface area contributed by atoms with Crippen LogP contribution < -0.4 is 5.73 Å². The monoisotopic (exact) mass is 253 g/mol. The summed E-state index contributed by atoms with van der Waals surface area (Å²) in [5, 5.41) is 1.16. The molecule has 1 unspecified atom stereocenters. The van der Waals surface area contributed by atoms with E-state index in [0.717, 1.165) is 0 Å². The molecule has 0 amide bonds. The molecule has 0 aliphatic carbocycles. The molecule has 92 valence electrons. The number of rotatable bonds is 4. The first-order valence-electron chi connectivity index (χ1n) is 5.64. The maximum absolute atomic E-state index is 12.4. The van der Waals surface area contributed by atoms with Crippen molar-refractivity contribution < 1.29 is 13.9 Å². The van der Waals surface area contributed by atoms with E-state index in [4.69, 9.17) is 10.3 Å². The highest BCUT2D eigenvalue weighted by Gasteiger charge is 2.41. The minimum absolute atomic E-state index is 0.301. The number of hydrogen-bond acceptors (Lipinski definition) is 4. The third-order valence-electron chi connectivity index (χ3n) is 2.78. The molecule has 1 atom stereocenters. The number of allylic oxidation sites excluding steroid dienone is 6. The molecule has 0 aromatic heterocycles. The van der Waals surface area contributed by atoms with Crippen LogP contribution in [0.25, 0.3) is 0 Å². The largest absolute Gasteiger partial charge is 0.404 e. The van der Waals surface area contributed by atoms with Gasteiger partial charge in [0.15, 0.2) is 0 Å². The van der Waals surface area contributed by atoms with Crippen LogP contribution in [0.1, 0.15) is 20.3 Å². The summed E-state index contributed by atoms with van der Waals surface area (Å²) in [5.74, 6) is -0.278. The van der Waals surface area contributed by atoms with Crippen molar-refractivity contribution in [2.24, 2.45) is 11.7 Å². The normalized spacial score (nSPS) is 21.4. The Balaban J connectivity index is 2.04. The van der Waals surface area contributed by atoms with Crippen LogP contribution in [0.5, 0.6) is 0 Å². The van der Waals surface area contributed by atoms with Gasteiger partial charge < -0.3 is 10.3 Å². The predicted octanol–water partition coefficient (Wildman–Crippen LogP) is 2.53. The van der Waals surface area contributed by atoms with Crippen LogP contribution in [-0.4, -0.2) is 12.0 Å². The van der Waals surface area contributed by atoms with Gasteiger partial charge in [-0.2, -0.15) is 0 Å². The van der Waals surface area contributed by atoms with E-state index < -0.39 is 19.4 Å². The quantitative estimate of drug-likeness (QED) is 0.781. The molecule has 0 saturated carbocycles. The molecular weight excluding hydrogens is 237 g/mol. The fourth-order valence-electron chi connectivity index (χ4n) is 1.90. The second kappa shape index (κ2) is 4.28. The molecule has 4 nitrogen and oxygen atoms in total. The molecule has 2 aliphatic heterocycles. The lowest BCUT2D eigenvalue weighted by Gasteiger charge is -2.17. The Hall–Kier alpha value is -1.12. The Morgan fingerprint density at radius 3 is 2.29 bits per heavy atom. The van der Waals surface area contributed by atoms with E-state index in [2.05, 4.69) is 0 Å². The van der Waals surface area contributed by atoms with Gasteiger partial charge in [-0.3, -0.25) is 9.36 Å². The van der Waals surface area contributed by atoms with Crippen molar-refractivity contribution >= 4 is 13.3 Å². The average Bonchev–Trinajstić information content (AvgIpc) is 2.71. The number of carbonyl (C=O) groups is 1. The van der Waals surface area contributed by atoms with Crippen LogP contribution in [0, 0.1) is 5.92 Å². The van der Waals surface area contributed by atoms with E-state index in [1.165, 1.54) is 0 Å². The van der Waals surface area contributed by atoms with Crippen molar-refractivity contribution in [2.45, 2.75) is 26.3 Å². The standard InChI is InChI=1S/C12H16NO3P/c1-8(2)7-11(13)12(14)16-17(15)9-3-4-10(17)6-5-9/h3-6,8,11H,7,13H2,1-2H3. The Labute approximate surface area is 101 Å². The van der Waals surface area contributed by atoms with Crippen LogP contribution in [0.15, 0.2) is 34.9 Å². The second-order valence-corrected chi connectivity index (χ2v) is 7.03. The van der Waals surface area contributed by atoms with E-state index >= 15 is 0 Å². The smallest absolute Gasteiger partial charge is 0.328 e. The van der Waals surface area contributed by atoms with Crippen LogP contribution in [0.3, 0.4) is 0 Å². The Kier molecular flexibility index (Phi) is 3.11. The van der Waals surface area contributed by atoms with Gasteiger partial charge in [0, 0.05) is 0 Å². The molecule has 0 aromatic carbocycles. The van der Waals surface area contributed by atoms with Gasteiger partial charge in [0.05, 0.1) is 10.6 Å². The molecule has 2 heterocycles. The molecule has 0 spiro atoms. The van der Waals surface area contributed by atoms with Gasteiger partial charge in [-0.25, -0.2) is 0 Å². The second-order valence-electron chi connectivity index (χ2n) is 4.71. The summed E-state index contributed by atoms with van der Waals surface area (Å²) in [6, 6.07) is -0.706. The Morgan fingerprint density at radius 2 is 1.88 bits per heavy atom. The third-order valence-corrected chi connectivity index (χ3v) is 5.17. The van der Waals surface area contributed by atoms with E-state index in [0.29, 0.717) is 23.0 Å². The van der Waals surface area contributed by atoms with Crippen molar-refractivity contribution in [1.82, 2.24) is 0 Å². The molecule has 0 radical (unpaired) electrons. The number of nitrogens with two attached hydrogens (primary N) is 1. The fourth-order valence-corrected chi connectivity index (χ4v) is 3.88. The summed E-state index contributed by atoms with van der Waals surface area (Å²) in [6.07, 6.45) is 7.41. The minimum atomic E-state index is -3.11. The first-order valence-corrected chi connectivity index (χ1v) is 7.26. The molecule has 0 saturated heterocycles. The lowest BCUT2D eigenvalue weighted by Crippen LogP contribution is -2.32. The molecule has 2 bridgehead atoms. The van der Waals surface area contributed by atoms with E-state index in [-0.39, 0.29) is 0 Å². The summed E-state index contributed by atoms with van der Waals surface area (Å²) < 4.78 is 17.6. The lowest BCUT2D eigenvalue weighted by molar-refractivity contribution is -0.135. The topological polar surface area (TPSA) is 69.4 Å². The molecular formula is C12H16NO3P. The SMILES string of the molecule is CC(C)CC(N)C(=O)OP1(=O)C2=CC=C1C=C2. The fraction of sp³-hybridized carbons (Fsp3) is 0.417. The van der Waals surface area contributed by atoms with Crippen LogP contribution in [0.2, 0.25) is 0 Å². The maximum Gasteiger partial charge on any atom is 0.328 e. The first kappa shape index (κ1) is 12.3.